The zero-order valence-electron chi connectivity index (χ0n) is 17.8. The van der Waals surface area contributed by atoms with E-state index in [0.29, 0.717) is 16.8 Å². The monoisotopic (exact) mass is 478 g/mol. The highest BCUT2D eigenvalue weighted by molar-refractivity contribution is 6.44. The molecule has 3 aromatic carbocycles. The summed E-state index contributed by atoms with van der Waals surface area (Å²) in [6.07, 6.45) is 1.73. The van der Waals surface area contributed by atoms with Crippen LogP contribution in [0, 0.1) is 0 Å². The minimum absolute atomic E-state index is 0.234. The van der Waals surface area contributed by atoms with E-state index in [0.717, 1.165) is 46.7 Å². The fourth-order valence-electron chi connectivity index (χ4n) is 4.10. The molecule has 166 valence electrons. The Labute approximate surface area is 201 Å². The Hall–Kier alpha value is -3.28. The number of anilines is 1. The van der Waals surface area contributed by atoms with Gasteiger partial charge < -0.3 is 14.6 Å². The molecule has 1 aliphatic rings. The predicted molar refractivity (Wildman–Crippen MR) is 130 cm³/mol. The lowest BCUT2D eigenvalue weighted by Gasteiger charge is -2.16. The first kappa shape index (κ1) is 21.6. The van der Waals surface area contributed by atoms with E-state index in [1.807, 2.05) is 36.4 Å². The van der Waals surface area contributed by atoms with Gasteiger partial charge in [-0.25, -0.2) is 0 Å². The summed E-state index contributed by atoms with van der Waals surface area (Å²) in [6.45, 7) is 0. The van der Waals surface area contributed by atoms with Crippen LogP contribution in [-0.4, -0.2) is 18.2 Å². The SMILES string of the molecule is COc1ccc2c(c1)CCc1c-2noc1-c1ccc(NC(=O)c2cccc(C(Cl)Cl)c2)cc1. The number of carbonyl (C=O) groups excluding carboxylic acids is 1. The van der Waals surface area contributed by atoms with Gasteiger partial charge in [0, 0.05) is 27.9 Å². The average molecular weight is 479 g/mol. The van der Waals surface area contributed by atoms with Gasteiger partial charge in [-0.3, -0.25) is 4.79 Å². The highest BCUT2D eigenvalue weighted by Crippen LogP contribution is 2.39. The standard InChI is InChI=1S/C26H20Cl2N2O3/c1-32-20-10-12-21-16(14-20)7-11-22-23(21)30-33-24(22)15-5-8-19(9-6-15)29-26(31)18-4-2-3-17(13-18)25(27)28/h2-6,8-10,12-14,25H,7,11H2,1H3,(H,29,31). The molecule has 1 N–H and O–H groups in total. The van der Waals surface area contributed by atoms with E-state index in [9.17, 15) is 4.79 Å². The maximum atomic E-state index is 12.6. The largest absolute Gasteiger partial charge is 0.497 e. The van der Waals surface area contributed by atoms with E-state index in [-0.39, 0.29) is 5.91 Å². The maximum Gasteiger partial charge on any atom is 0.255 e. The molecule has 1 aromatic heterocycles. The van der Waals surface area contributed by atoms with Gasteiger partial charge in [0.2, 0.25) is 0 Å². The second kappa shape index (κ2) is 8.93. The Morgan fingerprint density at radius 3 is 2.64 bits per heavy atom. The van der Waals surface area contributed by atoms with Crippen LogP contribution in [0.5, 0.6) is 5.75 Å². The zero-order chi connectivity index (χ0) is 22.9. The molecule has 0 radical (unpaired) electrons. The van der Waals surface area contributed by atoms with Crippen molar-refractivity contribution in [1.29, 1.82) is 0 Å². The second-order valence-electron chi connectivity index (χ2n) is 7.82. The first-order valence-corrected chi connectivity index (χ1v) is 11.4. The summed E-state index contributed by atoms with van der Waals surface area (Å²) >= 11 is 11.8. The van der Waals surface area contributed by atoms with Crippen LogP contribution in [0.4, 0.5) is 5.69 Å². The van der Waals surface area contributed by atoms with Crippen LogP contribution in [0.15, 0.2) is 71.3 Å². The molecule has 4 aromatic rings. The van der Waals surface area contributed by atoms with Crippen molar-refractivity contribution in [2.24, 2.45) is 0 Å². The number of fused-ring (bicyclic) bond motifs is 3. The molecule has 0 fully saturated rings. The third kappa shape index (κ3) is 4.22. The van der Waals surface area contributed by atoms with E-state index in [1.165, 1.54) is 5.56 Å². The van der Waals surface area contributed by atoms with Crippen molar-refractivity contribution in [2.75, 3.05) is 12.4 Å². The van der Waals surface area contributed by atoms with Gasteiger partial charge in [0.1, 0.15) is 16.3 Å². The number of hydrogen-bond donors (Lipinski definition) is 1. The van der Waals surface area contributed by atoms with Crippen molar-refractivity contribution in [3.63, 3.8) is 0 Å². The normalized spacial score (nSPS) is 12.2. The van der Waals surface area contributed by atoms with Crippen molar-refractivity contribution in [2.45, 2.75) is 17.7 Å². The third-order valence-electron chi connectivity index (χ3n) is 5.81. The Balaban J connectivity index is 1.36. The number of ether oxygens (including phenoxy) is 1. The van der Waals surface area contributed by atoms with E-state index < -0.39 is 4.84 Å². The van der Waals surface area contributed by atoms with Crippen molar-refractivity contribution in [3.05, 3.63) is 89.0 Å². The minimum atomic E-state index is -0.682. The van der Waals surface area contributed by atoms with Gasteiger partial charge in [0.25, 0.3) is 5.91 Å². The number of methoxy groups -OCH3 is 1. The summed E-state index contributed by atoms with van der Waals surface area (Å²) < 4.78 is 11.1. The van der Waals surface area contributed by atoms with Gasteiger partial charge in [0.05, 0.1) is 7.11 Å². The highest BCUT2D eigenvalue weighted by atomic mass is 35.5. The average Bonchev–Trinajstić information content (AvgIpc) is 3.28. The number of nitrogens with one attached hydrogen (secondary N) is 1. The quantitative estimate of drug-likeness (QED) is 0.318. The van der Waals surface area contributed by atoms with Crippen molar-refractivity contribution < 1.29 is 14.1 Å². The predicted octanol–water partition coefficient (Wildman–Crippen LogP) is 6.84. The van der Waals surface area contributed by atoms with Gasteiger partial charge in [-0.15, -0.1) is 23.2 Å². The van der Waals surface area contributed by atoms with Gasteiger partial charge in [-0.05, 0) is 78.6 Å². The maximum absolute atomic E-state index is 12.6. The van der Waals surface area contributed by atoms with Crippen molar-refractivity contribution in [1.82, 2.24) is 5.16 Å². The van der Waals surface area contributed by atoms with Gasteiger partial charge in [-0.1, -0.05) is 17.3 Å². The fourth-order valence-corrected chi connectivity index (χ4v) is 4.37. The Bertz CT molecular complexity index is 1330. The molecular formula is C26H20Cl2N2O3. The number of nitrogens with zero attached hydrogens (tertiary/aromatic N) is 1. The van der Waals surface area contributed by atoms with E-state index in [1.54, 1.807) is 31.4 Å². The number of hydrogen-bond acceptors (Lipinski definition) is 4. The number of amides is 1. The van der Waals surface area contributed by atoms with Crippen LogP contribution < -0.4 is 10.1 Å². The molecule has 5 nitrogen and oxygen atoms in total. The molecule has 0 atom stereocenters. The van der Waals surface area contributed by atoms with Gasteiger partial charge >= 0.3 is 0 Å². The number of rotatable bonds is 5. The second-order valence-corrected chi connectivity index (χ2v) is 8.92. The van der Waals surface area contributed by atoms with Crippen LogP contribution >= 0.6 is 23.2 Å². The van der Waals surface area contributed by atoms with Crippen LogP contribution in [0.25, 0.3) is 22.6 Å². The molecule has 0 bridgehead atoms. The van der Waals surface area contributed by atoms with Gasteiger partial charge in [0.15, 0.2) is 5.76 Å². The lowest BCUT2D eigenvalue weighted by molar-refractivity contribution is 0.102. The smallest absolute Gasteiger partial charge is 0.255 e. The molecule has 0 aliphatic heterocycles. The Morgan fingerprint density at radius 1 is 1.06 bits per heavy atom. The molecular weight excluding hydrogens is 459 g/mol. The van der Waals surface area contributed by atoms with Gasteiger partial charge in [-0.2, -0.15) is 0 Å². The molecule has 5 rings (SSSR count). The summed E-state index contributed by atoms with van der Waals surface area (Å²) in [5.74, 6) is 1.37. The van der Waals surface area contributed by atoms with Crippen LogP contribution in [0.2, 0.25) is 0 Å². The molecule has 1 amide bonds. The van der Waals surface area contributed by atoms with Crippen LogP contribution in [0.1, 0.15) is 31.9 Å². The molecule has 0 saturated carbocycles. The summed E-state index contributed by atoms with van der Waals surface area (Å²) in [5.41, 5.74) is 7.01. The molecule has 0 unspecified atom stereocenters. The fraction of sp³-hybridized carbons (Fsp3) is 0.154. The third-order valence-corrected chi connectivity index (χ3v) is 6.31. The number of alkyl halides is 2. The topological polar surface area (TPSA) is 64.4 Å². The zero-order valence-corrected chi connectivity index (χ0v) is 19.3. The number of aromatic nitrogens is 1. The Morgan fingerprint density at radius 2 is 1.88 bits per heavy atom. The van der Waals surface area contributed by atoms with E-state index >= 15 is 0 Å². The molecule has 33 heavy (non-hydrogen) atoms. The lowest BCUT2D eigenvalue weighted by Crippen LogP contribution is -2.12. The first-order chi connectivity index (χ1) is 16.0. The summed E-state index contributed by atoms with van der Waals surface area (Å²) in [6, 6.07) is 20.5. The molecule has 1 aliphatic carbocycles. The molecule has 0 saturated heterocycles. The number of halogens is 2. The number of carbonyl (C=O) groups is 1. The van der Waals surface area contributed by atoms with E-state index in [2.05, 4.69) is 16.5 Å². The van der Waals surface area contributed by atoms with Crippen LogP contribution in [-0.2, 0) is 12.8 Å². The van der Waals surface area contributed by atoms with Crippen molar-refractivity contribution >= 4 is 34.8 Å². The summed E-state index contributed by atoms with van der Waals surface area (Å²) in [5, 5.41) is 7.26. The molecule has 0 spiro atoms. The van der Waals surface area contributed by atoms with Crippen molar-refractivity contribution in [3.8, 4) is 28.3 Å². The molecule has 7 heteroatoms. The minimum Gasteiger partial charge on any atom is -0.497 e. The first-order valence-electron chi connectivity index (χ1n) is 10.5. The molecule has 1 heterocycles. The van der Waals surface area contributed by atoms with Crippen LogP contribution in [0.3, 0.4) is 0 Å². The highest BCUT2D eigenvalue weighted by Gasteiger charge is 2.25. The summed E-state index contributed by atoms with van der Waals surface area (Å²) in [4.78, 5) is 11.9. The summed E-state index contributed by atoms with van der Waals surface area (Å²) in [7, 11) is 1.67. The lowest BCUT2D eigenvalue weighted by atomic mass is 9.88. The van der Waals surface area contributed by atoms with E-state index in [4.69, 9.17) is 32.5 Å². The number of aryl methyl sites for hydroxylation is 1. The number of benzene rings is 3. The Kier molecular flexibility index (Phi) is 5.83.